The molecular weight excluding hydrogens is 192 g/mol. The predicted molar refractivity (Wildman–Crippen MR) is 61.5 cm³/mol. The number of hydrogen-bond donors (Lipinski definition) is 2. The van der Waals surface area contributed by atoms with E-state index < -0.39 is 5.97 Å². The molecule has 15 heavy (non-hydrogen) atoms. The Hall–Kier alpha value is -1.71. The Morgan fingerprint density at radius 2 is 1.93 bits per heavy atom. The lowest BCUT2D eigenvalue weighted by molar-refractivity contribution is -0.136. The monoisotopic (exact) mass is 208 g/mol. The molecule has 4 heteroatoms. The summed E-state index contributed by atoms with van der Waals surface area (Å²) in [7, 11) is 3.96. The average molecular weight is 208 g/mol. The SMILES string of the molecule is CN(C)c1ccc(NCCC(=O)O)cc1. The molecule has 0 amide bonds. The van der Waals surface area contributed by atoms with Crippen LogP contribution >= 0.6 is 0 Å². The molecule has 82 valence electrons. The summed E-state index contributed by atoms with van der Waals surface area (Å²) in [5.74, 6) is -0.785. The standard InChI is InChI=1S/C11H16N2O2/c1-13(2)10-5-3-9(4-6-10)12-8-7-11(14)15/h3-6,12H,7-8H2,1-2H3,(H,14,15). The van der Waals surface area contributed by atoms with E-state index in [9.17, 15) is 4.79 Å². The number of nitrogens with one attached hydrogen (secondary N) is 1. The molecule has 0 spiro atoms. The van der Waals surface area contributed by atoms with Gasteiger partial charge in [-0.05, 0) is 24.3 Å². The van der Waals surface area contributed by atoms with Crippen molar-refractivity contribution in [1.82, 2.24) is 0 Å². The number of carbonyl (C=O) groups is 1. The van der Waals surface area contributed by atoms with Crippen molar-refractivity contribution in [3.63, 3.8) is 0 Å². The third-order valence-corrected chi connectivity index (χ3v) is 2.05. The minimum absolute atomic E-state index is 0.134. The van der Waals surface area contributed by atoms with E-state index in [1.54, 1.807) is 0 Å². The lowest BCUT2D eigenvalue weighted by atomic mass is 10.2. The molecule has 1 aromatic rings. The highest BCUT2D eigenvalue weighted by atomic mass is 16.4. The number of benzene rings is 1. The molecule has 0 aromatic heterocycles. The zero-order chi connectivity index (χ0) is 11.3. The highest BCUT2D eigenvalue weighted by Gasteiger charge is 1.97. The zero-order valence-corrected chi connectivity index (χ0v) is 9.03. The van der Waals surface area contributed by atoms with Crippen LogP contribution in [0.4, 0.5) is 11.4 Å². The molecule has 0 saturated heterocycles. The Morgan fingerprint density at radius 3 is 2.40 bits per heavy atom. The van der Waals surface area contributed by atoms with Crippen molar-refractivity contribution in [2.24, 2.45) is 0 Å². The molecular formula is C11H16N2O2. The lowest BCUT2D eigenvalue weighted by Gasteiger charge is -2.13. The van der Waals surface area contributed by atoms with Crippen molar-refractivity contribution in [3.05, 3.63) is 24.3 Å². The largest absolute Gasteiger partial charge is 0.481 e. The second-order valence-electron chi connectivity index (χ2n) is 3.51. The van der Waals surface area contributed by atoms with E-state index in [1.165, 1.54) is 0 Å². The van der Waals surface area contributed by atoms with Crippen molar-refractivity contribution < 1.29 is 9.90 Å². The Balaban J connectivity index is 2.46. The van der Waals surface area contributed by atoms with Gasteiger partial charge in [-0.1, -0.05) is 0 Å². The summed E-state index contributed by atoms with van der Waals surface area (Å²) in [5.41, 5.74) is 2.07. The summed E-state index contributed by atoms with van der Waals surface area (Å²) in [6.45, 7) is 0.455. The third kappa shape index (κ3) is 3.89. The van der Waals surface area contributed by atoms with Gasteiger partial charge in [0.15, 0.2) is 0 Å². The van der Waals surface area contributed by atoms with Crippen molar-refractivity contribution in [2.75, 3.05) is 30.9 Å². The van der Waals surface area contributed by atoms with E-state index in [0.29, 0.717) is 6.54 Å². The second kappa shape index (κ2) is 5.24. The molecule has 1 aromatic carbocycles. The van der Waals surface area contributed by atoms with Crippen LogP contribution in [0, 0.1) is 0 Å². The highest BCUT2D eigenvalue weighted by molar-refractivity contribution is 5.67. The molecule has 0 bridgehead atoms. The van der Waals surface area contributed by atoms with Gasteiger partial charge in [-0.2, -0.15) is 0 Å². The number of carboxylic acids is 1. The lowest BCUT2D eigenvalue weighted by Crippen LogP contribution is -2.09. The maximum atomic E-state index is 10.3. The Bertz CT molecular complexity index is 320. The maximum Gasteiger partial charge on any atom is 0.305 e. The average Bonchev–Trinajstić information content (AvgIpc) is 2.18. The summed E-state index contributed by atoms with van der Waals surface area (Å²) >= 11 is 0. The number of aliphatic carboxylic acids is 1. The molecule has 0 fully saturated rings. The second-order valence-corrected chi connectivity index (χ2v) is 3.51. The normalized spacial score (nSPS) is 9.73. The van der Waals surface area contributed by atoms with Crippen LogP contribution in [0.2, 0.25) is 0 Å². The summed E-state index contributed by atoms with van der Waals surface area (Å²) in [4.78, 5) is 12.3. The van der Waals surface area contributed by atoms with Gasteiger partial charge in [-0.25, -0.2) is 0 Å². The third-order valence-electron chi connectivity index (χ3n) is 2.05. The van der Waals surface area contributed by atoms with Crippen molar-refractivity contribution in [2.45, 2.75) is 6.42 Å². The summed E-state index contributed by atoms with van der Waals surface area (Å²) in [6.07, 6.45) is 0.134. The fourth-order valence-electron chi connectivity index (χ4n) is 1.19. The number of hydrogen-bond acceptors (Lipinski definition) is 3. The smallest absolute Gasteiger partial charge is 0.305 e. The van der Waals surface area contributed by atoms with Crippen LogP contribution < -0.4 is 10.2 Å². The van der Waals surface area contributed by atoms with E-state index in [2.05, 4.69) is 5.32 Å². The molecule has 0 saturated carbocycles. The van der Waals surface area contributed by atoms with Crippen molar-refractivity contribution >= 4 is 17.3 Å². The predicted octanol–water partition coefficient (Wildman–Crippen LogP) is 1.64. The Labute approximate surface area is 89.5 Å². The quantitative estimate of drug-likeness (QED) is 0.772. The van der Waals surface area contributed by atoms with Gasteiger partial charge in [0.2, 0.25) is 0 Å². The fraction of sp³-hybridized carbons (Fsp3) is 0.364. The number of nitrogens with zero attached hydrogens (tertiary/aromatic N) is 1. The zero-order valence-electron chi connectivity index (χ0n) is 9.03. The van der Waals surface area contributed by atoms with E-state index in [4.69, 9.17) is 5.11 Å². The van der Waals surface area contributed by atoms with Crippen LogP contribution in [-0.4, -0.2) is 31.7 Å². The van der Waals surface area contributed by atoms with Gasteiger partial charge < -0.3 is 15.3 Å². The summed E-state index contributed by atoms with van der Waals surface area (Å²) in [6, 6.07) is 7.86. The fourth-order valence-corrected chi connectivity index (χ4v) is 1.19. The first-order chi connectivity index (χ1) is 7.09. The Morgan fingerprint density at radius 1 is 1.33 bits per heavy atom. The van der Waals surface area contributed by atoms with Crippen LogP contribution in [0.5, 0.6) is 0 Å². The van der Waals surface area contributed by atoms with Gasteiger partial charge >= 0.3 is 5.97 Å². The molecule has 0 atom stereocenters. The van der Waals surface area contributed by atoms with E-state index in [-0.39, 0.29) is 6.42 Å². The molecule has 2 N–H and O–H groups in total. The number of anilines is 2. The molecule has 0 unspecified atom stereocenters. The molecule has 0 heterocycles. The molecule has 0 aliphatic rings. The number of rotatable bonds is 5. The van der Waals surface area contributed by atoms with Crippen LogP contribution in [0.25, 0.3) is 0 Å². The van der Waals surface area contributed by atoms with Gasteiger partial charge in [0, 0.05) is 32.0 Å². The van der Waals surface area contributed by atoms with Crippen molar-refractivity contribution in [3.8, 4) is 0 Å². The Kier molecular flexibility index (Phi) is 3.97. The highest BCUT2D eigenvalue weighted by Crippen LogP contribution is 2.15. The van der Waals surface area contributed by atoms with Gasteiger partial charge in [-0.3, -0.25) is 4.79 Å². The summed E-state index contributed by atoms with van der Waals surface area (Å²) in [5, 5.41) is 11.5. The van der Waals surface area contributed by atoms with Crippen LogP contribution in [0.15, 0.2) is 24.3 Å². The molecule has 0 aliphatic carbocycles. The van der Waals surface area contributed by atoms with Crippen molar-refractivity contribution in [1.29, 1.82) is 0 Å². The van der Waals surface area contributed by atoms with Gasteiger partial charge in [0.1, 0.15) is 0 Å². The first kappa shape index (κ1) is 11.4. The van der Waals surface area contributed by atoms with E-state index in [1.807, 2.05) is 43.3 Å². The molecule has 0 radical (unpaired) electrons. The topological polar surface area (TPSA) is 52.6 Å². The van der Waals surface area contributed by atoms with Gasteiger partial charge in [0.25, 0.3) is 0 Å². The number of carboxylic acid groups (broad SMARTS) is 1. The van der Waals surface area contributed by atoms with E-state index in [0.717, 1.165) is 11.4 Å². The molecule has 0 aliphatic heterocycles. The first-order valence-electron chi connectivity index (χ1n) is 4.82. The maximum absolute atomic E-state index is 10.3. The molecule has 1 rings (SSSR count). The minimum atomic E-state index is -0.785. The molecule has 4 nitrogen and oxygen atoms in total. The first-order valence-corrected chi connectivity index (χ1v) is 4.82. The van der Waals surface area contributed by atoms with Crippen LogP contribution in [0.1, 0.15) is 6.42 Å². The van der Waals surface area contributed by atoms with Gasteiger partial charge in [0.05, 0.1) is 6.42 Å². The van der Waals surface area contributed by atoms with Crippen LogP contribution in [-0.2, 0) is 4.79 Å². The van der Waals surface area contributed by atoms with Crippen LogP contribution in [0.3, 0.4) is 0 Å². The van der Waals surface area contributed by atoms with Gasteiger partial charge in [-0.15, -0.1) is 0 Å². The summed E-state index contributed by atoms with van der Waals surface area (Å²) < 4.78 is 0. The van der Waals surface area contributed by atoms with E-state index >= 15 is 0 Å². The minimum Gasteiger partial charge on any atom is -0.481 e.